The molecule has 0 saturated heterocycles. The van der Waals surface area contributed by atoms with Gasteiger partial charge >= 0.3 is 6.18 Å². The van der Waals surface area contributed by atoms with E-state index in [1.54, 1.807) is 13.0 Å². The SMILES string of the molecule is CCNc1cc(C(F)(F)F)nc2c(Br)cc(Br)c(OC)c12. The van der Waals surface area contributed by atoms with Crippen molar-refractivity contribution in [1.82, 2.24) is 4.98 Å². The van der Waals surface area contributed by atoms with Gasteiger partial charge in [-0.3, -0.25) is 0 Å². The van der Waals surface area contributed by atoms with Crippen molar-refractivity contribution in [1.29, 1.82) is 0 Å². The zero-order chi connectivity index (χ0) is 15.8. The van der Waals surface area contributed by atoms with Crippen molar-refractivity contribution in [3.05, 3.63) is 26.8 Å². The Morgan fingerprint density at radius 1 is 1.24 bits per heavy atom. The fourth-order valence-electron chi connectivity index (χ4n) is 1.99. The molecule has 1 aromatic carbocycles. The van der Waals surface area contributed by atoms with Crippen LogP contribution in [0.5, 0.6) is 5.75 Å². The Balaban J connectivity index is 2.91. The molecule has 21 heavy (non-hydrogen) atoms. The molecule has 0 amide bonds. The van der Waals surface area contributed by atoms with Crippen molar-refractivity contribution in [2.24, 2.45) is 0 Å². The van der Waals surface area contributed by atoms with E-state index >= 15 is 0 Å². The van der Waals surface area contributed by atoms with Gasteiger partial charge in [0.05, 0.1) is 22.5 Å². The molecule has 1 N–H and O–H groups in total. The highest BCUT2D eigenvalue weighted by molar-refractivity contribution is 9.11. The summed E-state index contributed by atoms with van der Waals surface area (Å²) in [6, 6.07) is 2.61. The van der Waals surface area contributed by atoms with Crippen LogP contribution < -0.4 is 10.1 Å². The van der Waals surface area contributed by atoms with Crippen LogP contribution in [0.25, 0.3) is 10.9 Å². The lowest BCUT2D eigenvalue weighted by molar-refractivity contribution is -0.140. The zero-order valence-electron chi connectivity index (χ0n) is 11.1. The van der Waals surface area contributed by atoms with Crippen LogP contribution in [-0.4, -0.2) is 18.6 Å². The average Bonchev–Trinajstić information content (AvgIpc) is 2.38. The number of nitrogens with one attached hydrogen (secondary N) is 1. The van der Waals surface area contributed by atoms with Gasteiger partial charge in [0, 0.05) is 16.7 Å². The molecule has 0 aliphatic heterocycles. The topological polar surface area (TPSA) is 34.2 Å². The van der Waals surface area contributed by atoms with Gasteiger partial charge in [0.1, 0.15) is 11.4 Å². The number of fused-ring (bicyclic) bond motifs is 1. The number of ether oxygens (including phenoxy) is 1. The minimum atomic E-state index is -4.52. The predicted octanol–water partition coefficient (Wildman–Crippen LogP) is 5.22. The third kappa shape index (κ3) is 3.11. The molecule has 0 aliphatic carbocycles. The van der Waals surface area contributed by atoms with Crippen LogP contribution in [0, 0.1) is 0 Å². The number of hydrogen-bond donors (Lipinski definition) is 1. The van der Waals surface area contributed by atoms with Gasteiger partial charge in [0.25, 0.3) is 0 Å². The summed E-state index contributed by atoms with van der Waals surface area (Å²) in [6.07, 6.45) is -4.52. The van der Waals surface area contributed by atoms with Crippen molar-refractivity contribution >= 4 is 48.5 Å². The molecule has 0 aliphatic rings. The van der Waals surface area contributed by atoms with Gasteiger partial charge in [-0.1, -0.05) is 0 Å². The van der Waals surface area contributed by atoms with E-state index in [0.29, 0.717) is 32.3 Å². The van der Waals surface area contributed by atoms with E-state index in [9.17, 15) is 13.2 Å². The van der Waals surface area contributed by atoms with E-state index in [0.717, 1.165) is 6.07 Å². The van der Waals surface area contributed by atoms with Gasteiger partial charge in [-0.15, -0.1) is 0 Å². The van der Waals surface area contributed by atoms with Gasteiger partial charge in [-0.05, 0) is 50.9 Å². The lowest BCUT2D eigenvalue weighted by Crippen LogP contribution is -2.10. The van der Waals surface area contributed by atoms with Gasteiger partial charge in [0.2, 0.25) is 0 Å². The van der Waals surface area contributed by atoms with Crippen molar-refractivity contribution < 1.29 is 17.9 Å². The summed E-state index contributed by atoms with van der Waals surface area (Å²) in [4.78, 5) is 3.73. The third-order valence-electron chi connectivity index (χ3n) is 2.80. The number of methoxy groups -OCH3 is 1. The number of pyridine rings is 1. The molecule has 3 nitrogen and oxygen atoms in total. The predicted molar refractivity (Wildman–Crippen MR) is 82.9 cm³/mol. The molecule has 0 unspecified atom stereocenters. The lowest BCUT2D eigenvalue weighted by atomic mass is 10.1. The highest BCUT2D eigenvalue weighted by Crippen LogP contribution is 2.43. The standard InChI is InChI=1S/C13H11Br2F3N2O/c1-3-19-8-5-9(13(16,17)18)20-11-6(14)4-7(15)12(21-2)10(8)11/h4-5H,3H2,1-2H3,(H,19,20). The van der Waals surface area contributed by atoms with E-state index in [-0.39, 0.29) is 5.52 Å². The summed E-state index contributed by atoms with van der Waals surface area (Å²) >= 11 is 6.59. The van der Waals surface area contributed by atoms with Gasteiger partial charge in [0.15, 0.2) is 0 Å². The van der Waals surface area contributed by atoms with Gasteiger partial charge < -0.3 is 10.1 Å². The highest BCUT2D eigenvalue weighted by atomic mass is 79.9. The molecule has 0 spiro atoms. The Hall–Kier alpha value is -1.02. The number of rotatable bonds is 3. The van der Waals surface area contributed by atoms with E-state index in [1.807, 2.05) is 0 Å². The number of halogens is 5. The number of aromatic nitrogens is 1. The Morgan fingerprint density at radius 3 is 2.43 bits per heavy atom. The van der Waals surface area contributed by atoms with Crippen LogP contribution in [0.1, 0.15) is 12.6 Å². The smallest absolute Gasteiger partial charge is 0.433 e. The Labute approximate surface area is 136 Å². The maximum Gasteiger partial charge on any atom is 0.433 e. The minimum absolute atomic E-state index is 0.195. The van der Waals surface area contributed by atoms with Crippen LogP contribution in [0.4, 0.5) is 18.9 Å². The first kappa shape index (κ1) is 16.4. The normalized spacial score (nSPS) is 11.8. The molecule has 1 heterocycles. The summed E-state index contributed by atoms with van der Waals surface area (Å²) in [5.74, 6) is 0.436. The molecule has 2 aromatic rings. The summed E-state index contributed by atoms with van der Waals surface area (Å²) in [7, 11) is 1.46. The summed E-state index contributed by atoms with van der Waals surface area (Å²) < 4.78 is 45.3. The summed E-state index contributed by atoms with van der Waals surface area (Å²) in [6.45, 7) is 2.28. The molecular formula is C13H11Br2F3N2O. The molecule has 0 bridgehead atoms. The molecule has 0 atom stereocenters. The minimum Gasteiger partial charge on any atom is -0.495 e. The molecule has 0 fully saturated rings. The lowest BCUT2D eigenvalue weighted by Gasteiger charge is -2.16. The molecular weight excluding hydrogens is 417 g/mol. The van der Waals surface area contributed by atoms with E-state index in [1.165, 1.54) is 7.11 Å². The van der Waals surface area contributed by atoms with Crippen LogP contribution in [-0.2, 0) is 6.18 Å². The Morgan fingerprint density at radius 2 is 1.90 bits per heavy atom. The second kappa shape index (κ2) is 6.00. The Bertz CT molecular complexity index is 689. The van der Waals surface area contributed by atoms with Gasteiger partial charge in [-0.2, -0.15) is 13.2 Å². The molecule has 114 valence electrons. The number of hydrogen-bond acceptors (Lipinski definition) is 3. The maximum absolute atomic E-state index is 13.0. The third-order valence-corrected chi connectivity index (χ3v) is 4.00. The van der Waals surface area contributed by atoms with E-state index < -0.39 is 11.9 Å². The zero-order valence-corrected chi connectivity index (χ0v) is 14.3. The average molecular weight is 428 g/mol. The van der Waals surface area contributed by atoms with Crippen LogP contribution in [0.3, 0.4) is 0 Å². The quantitative estimate of drug-likeness (QED) is 0.729. The molecule has 0 saturated carbocycles. The number of alkyl halides is 3. The molecule has 0 radical (unpaired) electrons. The first-order valence-corrected chi connectivity index (χ1v) is 7.56. The highest BCUT2D eigenvalue weighted by Gasteiger charge is 2.34. The second-order valence-corrected chi connectivity index (χ2v) is 5.89. The number of nitrogens with zero attached hydrogens (tertiary/aromatic N) is 1. The molecule has 1 aromatic heterocycles. The van der Waals surface area contributed by atoms with E-state index in [2.05, 4.69) is 42.2 Å². The first-order valence-electron chi connectivity index (χ1n) is 5.97. The van der Waals surface area contributed by atoms with Crippen molar-refractivity contribution in [2.75, 3.05) is 19.0 Å². The maximum atomic E-state index is 13.0. The molecule has 8 heteroatoms. The monoisotopic (exact) mass is 426 g/mol. The molecule has 2 rings (SSSR count). The fourth-order valence-corrected chi connectivity index (χ4v) is 3.40. The summed E-state index contributed by atoms with van der Waals surface area (Å²) in [5.41, 5.74) is -0.425. The first-order chi connectivity index (χ1) is 9.79. The van der Waals surface area contributed by atoms with E-state index in [4.69, 9.17) is 4.74 Å². The number of anilines is 1. The Kier molecular flexibility index (Phi) is 4.67. The second-order valence-electron chi connectivity index (χ2n) is 4.18. The van der Waals surface area contributed by atoms with Crippen LogP contribution in [0.2, 0.25) is 0 Å². The largest absolute Gasteiger partial charge is 0.495 e. The van der Waals surface area contributed by atoms with Gasteiger partial charge in [-0.25, -0.2) is 4.98 Å². The van der Waals surface area contributed by atoms with Crippen molar-refractivity contribution in [2.45, 2.75) is 13.1 Å². The van der Waals surface area contributed by atoms with Crippen LogP contribution in [0.15, 0.2) is 21.1 Å². The van der Waals surface area contributed by atoms with Crippen molar-refractivity contribution in [3.8, 4) is 5.75 Å². The van der Waals surface area contributed by atoms with Crippen molar-refractivity contribution in [3.63, 3.8) is 0 Å². The summed E-state index contributed by atoms with van der Waals surface area (Å²) in [5, 5.41) is 3.42. The number of benzene rings is 1. The fraction of sp³-hybridized carbons (Fsp3) is 0.308. The van der Waals surface area contributed by atoms with Crippen LogP contribution >= 0.6 is 31.9 Å².